The molecule has 0 bridgehead atoms. The van der Waals surface area contributed by atoms with Crippen molar-refractivity contribution in [2.45, 2.75) is 53.2 Å². The second-order valence-electron chi connectivity index (χ2n) is 7.76. The SMILES string of the molecule is Cc1nn(C/C(F)=C/CNC(=O)OC(C)(C)C)c(C)c1Cc1ccc(N)cc1. The maximum atomic E-state index is 14.3. The van der Waals surface area contributed by atoms with E-state index in [1.54, 1.807) is 25.5 Å². The number of nitrogens with zero attached hydrogens (tertiary/aromatic N) is 2. The van der Waals surface area contributed by atoms with Crippen LogP contribution in [0.4, 0.5) is 14.9 Å². The lowest BCUT2D eigenvalue weighted by Crippen LogP contribution is -2.32. The molecule has 2 rings (SSSR count). The van der Waals surface area contributed by atoms with Gasteiger partial charge in [0.15, 0.2) is 0 Å². The first kappa shape index (κ1) is 21.5. The fourth-order valence-corrected chi connectivity index (χ4v) is 2.75. The minimum absolute atomic E-state index is 0.0183. The summed E-state index contributed by atoms with van der Waals surface area (Å²) in [7, 11) is 0. The van der Waals surface area contributed by atoms with Crippen molar-refractivity contribution in [2.75, 3.05) is 12.3 Å². The number of nitrogen functional groups attached to an aromatic ring is 1. The number of hydrogen-bond acceptors (Lipinski definition) is 4. The molecule has 0 saturated heterocycles. The molecule has 1 aromatic heterocycles. The molecule has 0 unspecified atom stereocenters. The van der Waals surface area contributed by atoms with E-state index in [1.165, 1.54) is 6.08 Å². The summed E-state index contributed by atoms with van der Waals surface area (Å²) in [5, 5.41) is 6.96. The molecule has 0 saturated carbocycles. The molecular weight excluding hydrogens is 359 g/mol. The molecule has 0 fully saturated rings. The summed E-state index contributed by atoms with van der Waals surface area (Å²) in [6.07, 6.45) is 1.46. The van der Waals surface area contributed by atoms with Gasteiger partial charge in [-0.2, -0.15) is 5.10 Å². The van der Waals surface area contributed by atoms with Crippen molar-refractivity contribution in [3.63, 3.8) is 0 Å². The second kappa shape index (κ2) is 8.91. The van der Waals surface area contributed by atoms with Gasteiger partial charge in [0.2, 0.25) is 0 Å². The first-order chi connectivity index (χ1) is 13.0. The average Bonchev–Trinajstić information content (AvgIpc) is 2.82. The predicted octanol–water partition coefficient (Wildman–Crippen LogP) is 4.05. The van der Waals surface area contributed by atoms with Gasteiger partial charge in [-0.15, -0.1) is 0 Å². The van der Waals surface area contributed by atoms with Crippen LogP contribution in [0.5, 0.6) is 0 Å². The van der Waals surface area contributed by atoms with Crippen LogP contribution < -0.4 is 11.1 Å². The van der Waals surface area contributed by atoms with E-state index in [-0.39, 0.29) is 18.9 Å². The summed E-state index contributed by atoms with van der Waals surface area (Å²) < 4.78 is 21.0. The molecule has 0 aliphatic rings. The van der Waals surface area contributed by atoms with Crippen molar-refractivity contribution in [3.05, 3.63) is 58.7 Å². The number of rotatable bonds is 6. The first-order valence-corrected chi connectivity index (χ1v) is 9.24. The number of aromatic nitrogens is 2. The Hall–Kier alpha value is -2.83. The van der Waals surface area contributed by atoms with Crippen LogP contribution in [0.15, 0.2) is 36.2 Å². The molecule has 0 spiro atoms. The minimum atomic E-state index is -0.586. The fourth-order valence-electron chi connectivity index (χ4n) is 2.75. The number of nitrogens with two attached hydrogens (primary N) is 1. The lowest BCUT2D eigenvalue weighted by Gasteiger charge is -2.19. The molecule has 28 heavy (non-hydrogen) atoms. The monoisotopic (exact) mass is 388 g/mol. The third-order valence-electron chi connectivity index (χ3n) is 4.16. The third kappa shape index (κ3) is 6.40. The Labute approximate surface area is 165 Å². The van der Waals surface area contributed by atoms with E-state index in [9.17, 15) is 9.18 Å². The summed E-state index contributed by atoms with van der Waals surface area (Å²) >= 11 is 0. The van der Waals surface area contributed by atoms with Crippen LogP contribution in [0.1, 0.15) is 43.3 Å². The van der Waals surface area contributed by atoms with Crippen LogP contribution >= 0.6 is 0 Å². The van der Waals surface area contributed by atoms with Crippen molar-refractivity contribution < 1.29 is 13.9 Å². The molecule has 7 heteroatoms. The highest BCUT2D eigenvalue weighted by atomic mass is 19.1. The lowest BCUT2D eigenvalue weighted by atomic mass is 10.0. The maximum Gasteiger partial charge on any atom is 0.407 e. The standard InChI is InChI=1S/C21H29FN4O2/c1-14-19(12-16-6-8-18(23)9-7-16)15(2)26(25-14)13-17(22)10-11-24-20(27)28-21(3,4)5/h6-10H,11-13,23H2,1-5H3,(H,24,27)/b17-10-. The summed E-state index contributed by atoms with van der Waals surface area (Å²) in [6.45, 7) is 9.23. The topological polar surface area (TPSA) is 82.2 Å². The second-order valence-corrected chi connectivity index (χ2v) is 7.76. The largest absolute Gasteiger partial charge is 0.444 e. The number of ether oxygens (including phenoxy) is 1. The number of anilines is 1. The Bertz CT molecular complexity index is 849. The van der Waals surface area contributed by atoms with Gasteiger partial charge in [-0.25, -0.2) is 9.18 Å². The van der Waals surface area contributed by atoms with Crippen LogP contribution in [0.2, 0.25) is 0 Å². The van der Waals surface area contributed by atoms with E-state index in [0.717, 1.165) is 28.2 Å². The molecule has 1 aromatic carbocycles. The van der Waals surface area contributed by atoms with E-state index >= 15 is 0 Å². The van der Waals surface area contributed by atoms with Gasteiger partial charge in [0.1, 0.15) is 11.4 Å². The van der Waals surface area contributed by atoms with Crippen LogP contribution in [-0.4, -0.2) is 28.0 Å². The Morgan fingerprint density at radius 1 is 1.29 bits per heavy atom. The zero-order chi connectivity index (χ0) is 20.9. The summed E-state index contributed by atoms with van der Waals surface area (Å²) in [5.41, 5.74) is 9.85. The minimum Gasteiger partial charge on any atom is -0.444 e. The molecule has 0 aliphatic carbocycles. The molecule has 3 N–H and O–H groups in total. The van der Waals surface area contributed by atoms with Crippen LogP contribution in [0.3, 0.4) is 0 Å². The number of carbonyl (C=O) groups is 1. The van der Waals surface area contributed by atoms with Crippen LogP contribution in [0, 0.1) is 13.8 Å². The highest BCUT2D eigenvalue weighted by Crippen LogP contribution is 2.19. The predicted molar refractivity (Wildman–Crippen MR) is 109 cm³/mol. The summed E-state index contributed by atoms with van der Waals surface area (Å²) in [6, 6.07) is 7.69. The Balaban J connectivity index is 1.98. The van der Waals surface area contributed by atoms with Crippen molar-refractivity contribution in [1.29, 1.82) is 0 Å². The molecule has 6 nitrogen and oxygen atoms in total. The number of carbonyl (C=O) groups excluding carboxylic acids is 1. The van der Waals surface area contributed by atoms with E-state index < -0.39 is 11.7 Å². The zero-order valence-electron chi connectivity index (χ0n) is 17.2. The number of alkyl carbamates (subject to hydrolysis) is 1. The van der Waals surface area contributed by atoms with Crippen LogP contribution in [0.25, 0.3) is 0 Å². The van der Waals surface area contributed by atoms with Gasteiger partial charge >= 0.3 is 6.09 Å². The Morgan fingerprint density at radius 3 is 2.54 bits per heavy atom. The number of nitrogens with one attached hydrogen (secondary N) is 1. The Morgan fingerprint density at radius 2 is 1.93 bits per heavy atom. The zero-order valence-corrected chi connectivity index (χ0v) is 17.2. The highest BCUT2D eigenvalue weighted by molar-refractivity contribution is 5.67. The van der Waals surface area contributed by atoms with Gasteiger partial charge in [-0.1, -0.05) is 12.1 Å². The van der Waals surface area contributed by atoms with Gasteiger partial charge in [-0.05, 0) is 58.4 Å². The van der Waals surface area contributed by atoms with Crippen molar-refractivity contribution in [1.82, 2.24) is 15.1 Å². The molecule has 0 aliphatic heterocycles. The number of benzene rings is 1. The van der Waals surface area contributed by atoms with Gasteiger partial charge < -0.3 is 15.8 Å². The molecule has 0 radical (unpaired) electrons. The molecule has 1 amide bonds. The number of amides is 1. The van der Waals surface area contributed by atoms with E-state index in [0.29, 0.717) is 6.42 Å². The van der Waals surface area contributed by atoms with Crippen molar-refractivity contribution in [2.24, 2.45) is 0 Å². The maximum absolute atomic E-state index is 14.3. The number of hydrogen-bond donors (Lipinski definition) is 2. The Kier molecular flexibility index (Phi) is 6.83. The van der Waals surface area contributed by atoms with E-state index in [1.807, 2.05) is 38.1 Å². The van der Waals surface area contributed by atoms with Crippen molar-refractivity contribution >= 4 is 11.8 Å². The smallest absolute Gasteiger partial charge is 0.407 e. The number of halogens is 1. The van der Waals surface area contributed by atoms with Gasteiger partial charge in [0.05, 0.1) is 12.2 Å². The van der Waals surface area contributed by atoms with E-state index in [4.69, 9.17) is 10.5 Å². The quantitative estimate of drug-likeness (QED) is 0.732. The fraction of sp³-hybridized carbons (Fsp3) is 0.429. The molecule has 152 valence electrons. The van der Waals surface area contributed by atoms with Crippen molar-refractivity contribution in [3.8, 4) is 0 Å². The first-order valence-electron chi connectivity index (χ1n) is 9.24. The van der Waals surface area contributed by atoms with Gasteiger partial charge in [0, 0.05) is 29.9 Å². The molecular formula is C21H29FN4O2. The molecule has 1 heterocycles. The molecule has 2 aromatic rings. The van der Waals surface area contributed by atoms with Gasteiger partial charge in [0.25, 0.3) is 0 Å². The molecule has 0 atom stereocenters. The summed E-state index contributed by atoms with van der Waals surface area (Å²) in [4.78, 5) is 11.6. The normalized spacial score (nSPS) is 12.1. The van der Waals surface area contributed by atoms with Crippen LogP contribution in [-0.2, 0) is 17.7 Å². The average molecular weight is 388 g/mol. The van der Waals surface area contributed by atoms with Gasteiger partial charge in [-0.3, -0.25) is 4.68 Å². The number of allylic oxidation sites excluding steroid dienone is 1. The summed E-state index contributed by atoms with van der Waals surface area (Å²) in [5.74, 6) is -0.374. The lowest BCUT2D eigenvalue weighted by molar-refractivity contribution is 0.0534. The number of aryl methyl sites for hydroxylation is 1. The van der Waals surface area contributed by atoms with E-state index in [2.05, 4.69) is 10.4 Å². The highest BCUT2D eigenvalue weighted by Gasteiger charge is 2.16. The third-order valence-corrected chi connectivity index (χ3v) is 4.16.